The van der Waals surface area contributed by atoms with Crippen LogP contribution in [0.4, 0.5) is 0 Å². The van der Waals surface area contributed by atoms with Gasteiger partial charge in [0.2, 0.25) is 0 Å². The van der Waals surface area contributed by atoms with Crippen LogP contribution in [0.25, 0.3) is 0 Å². The first-order chi connectivity index (χ1) is 28.6. The molecule has 0 saturated heterocycles. The lowest BCUT2D eigenvalue weighted by Crippen LogP contribution is -2.29. The zero-order valence-corrected chi connectivity index (χ0v) is 37.1. The number of unbranched alkanes of at least 4 members (excludes halogenated alkanes) is 9. The average Bonchev–Trinajstić information content (AvgIpc) is 3.21. The Labute approximate surface area is 356 Å². The van der Waals surface area contributed by atoms with Crippen LogP contribution < -0.4 is 5.73 Å². The van der Waals surface area contributed by atoms with Gasteiger partial charge in [-0.2, -0.15) is 0 Å². The quantitative estimate of drug-likeness (QED) is 0.0152. The summed E-state index contributed by atoms with van der Waals surface area (Å²) in [6.45, 7) is 3.29. The number of phosphoric acid groups is 1. The van der Waals surface area contributed by atoms with Gasteiger partial charge in [-0.1, -0.05) is 143 Å². The Morgan fingerprint density at radius 2 is 1.14 bits per heavy atom. The highest BCUT2D eigenvalue weighted by atomic mass is 31.2. The normalized spacial score (nSPS) is 15.3. The maximum absolute atomic E-state index is 12.6. The first-order valence-electron chi connectivity index (χ1n) is 21.9. The Kier molecular flexibility index (Phi) is 39.4. The molecular formula is C47H78NO10P. The number of carbonyl (C=O) groups excluding carboxylic acids is 2. The molecule has 4 atom stereocenters. The van der Waals surface area contributed by atoms with E-state index in [1.165, 1.54) is 44.9 Å². The summed E-state index contributed by atoms with van der Waals surface area (Å²) in [5.41, 5.74) is 5.33. The lowest BCUT2D eigenvalue weighted by molar-refractivity contribution is -0.161. The van der Waals surface area contributed by atoms with Gasteiger partial charge in [-0.05, 0) is 83.5 Å². The molecule has 0 aliphatic carbocycles. The minimum absolute atomic E-state index is 0.00741. The molecule has 1 unspecified atom stereocenters. The van der Waals surface area contributed by atoms with E-state index in [9.17, 15) is 29.3 Å². The number of phosphoric ester groups is 1. The van der Waals surface area contributed by atoms with Crippen LogP contribution in [0.3, 0.4) is 0 Å². The van der Waals surface area contributed by atoms with Crippen LogP contribution in [-0.2, 0) is 32.7 Å². The highest BCUT2D eigenvalue weighted by molar-refractivity contribution is 7.47. The third-order valence-corrected chi connectivity index (χ3v) is 9.62. The Bertz CT molecular complexity index is 1320. The number of carbonyl (C=O) groups is 2. The fourth-order valence-electron chi connectivity index (χ4n) is 5.28. The van der Waals surface area contributed by atoms with E-state index < -0.39 is 44.7 Å². The van der Waals surface area contributed by atoms with Crippen molar-refractivity contribution in [3.05, 3.63) is 97.2 Å². The summed E-state index contributed by atoms with van der Waals surface area (Å²) in [6, 6.07) is 0. The van der Waals surface area contributed by atoms with Crippen molar-refractivity contribution < 1.29 is 47.8 Å². The molecule has 0 saturated carbocycles. The molecule has 0 radical (unpaired) electrons. The molecule has 0 aromatic heterocycles. The van der Waals surface area contributed by atoms with Gasteiger partial charge in [0.1, 0.15) is 6.61 Å². The molecule has 0 amide bonds. The maximum atomic E-state index is 12.6. The van der Waals surface area contributed by atoms with Crippen LogP contribution in [0.5, 0.6) is 0 Å². The van der Waals surface area contributed by atoms with E-state index in [-0.39, 0.29) is 32.6 Å². The molecule has 0 aliphatic heterocycles. The molecule has 0 aromatic carbocycles. The van der Waals surface area contributed by atoms with Gasteiger partial charge in [-0.25, -0.2) is 4.57 Å². The average molecular weight is 848 g/mol. The molecule has 0 spiro atoms. The molecule has 336 valence electrons. The zero-order valence-electron chi connectivity index (χ0n) is 36.2. The minimum atomic E-state index is -4.45. The third kappa shape index (κ3) is 41.4. The predicted molar refractivity (Wildman–Crippen MR) is 240 cm³/mol. The molecule has 0 aromatic rings. The summed E-state index contributed by atoms with van der Waals surface area (Å²) in [7, 11) is -4.45. The first-order valence-corrected chi connectivity index (χ1v) is 23.4. The van der Waals surface area contributed by atoms with Crippen LogP contribution in [0.2, 0.25) is 0 Å². The highest BCUT2D eigenvalue weighted by Gasteiger charge is 2.26. The lowest BCUT2D eigenvalue weighted by atomic mass is 10.1. The van der Waals surface area contributed by atoms with Crippen LogP contribution >= 0.6 is 7.82 Å². The number of aliphatic hydroxyl groups is 2. The van der Waals surface area contributed by atoms with E-state index in [0.717, 1.165) is 44.9 Å². The highest BCUT2D eigenvalue weighted by Crippen LogP contribution is 2.43. The van der Waals surface area contributed by atoms with Crippen LogP contribution in [0.15, 0.2) is 97.2 Å². The number of nitrogens with two attached hydrogens (primary N) is 1. The van der Waals surface area contributed by atoms with Gasteiger partial charge in [0, 0.05) is 19.4 Å². The second-order valence-corrected chi connectivity index (χ2v) is 15.7. The topological polar surface area (TPSA) is 175 Å². The summed E-state index contributed by atoms with van der Waals surface area (Å²) >= 11 is 0. The van der Waals surface area contributed by atoms with E-state index in [1.807, 2.05) is 6.08 Å². The van der Waals surface area contributed by atoms with Crippen molar-refractivity contribution in [2.75, 3.05) is 26.4 Å². The van der Waals surface area contributed by atoms with Crippen LogP contribution in [-0.4, -0.2) is 71.7 Å². The summed E-state index contributed by atoms with van der Waals surface area (Å²) in [5, 5.41) is 20.3. The number of ether oxygens (including phenoxy) is 2. The van der Waals surface area contributed by atoms with Gasteiger partial charge >= 0.3 is 19.8 Å². The van der Waals surface area contributed by atoms with Crippen molar-refractivity contribution in [3.63, 3.8) is 0 Å². The lowest BCUT2D eigenvalue weighted by Gasteiger charge is -2.20. The fraction of sp³-hybridized carbons (Fsp3) is 0.617. The summed E-state index contributed by atoms with van der Waals surface area (Å²) in [6.07, 6.45) is 46.4. The van der Waals surface area contributed by atoms with Crippen molar-refractivity contribution in [1.29, 1.82) is 0 Å². The van der Waals surface area contributed by atoms with Crippen molar-refractivity contribution >= 4 is 19.8 Å². The molecule has 0 fully saturated rings. The van der Waals surface area contributed by atoms with E-state index in [1.54, 1.807) is 36.5 Å². The molecule has 59 heavy (non-hydrogen) atoms. The Hall–Kier alpha value is -3.15. The van der Waals surface area contributed by atoms with E-state index in [2.05, 4.69) is 68.5 Å². The maximum Gasteiger partial charge on any atom is 0.472 e. The summed E-state index contributed by atoms with van der Waals surface area (Å²) < 4.78 is 32.6. The van der Waals surface area contributed by atoms with Crippen molar-refractivity contribution in [2.45, 2.75) is 161 Å². The van der Waals surface area contributed by atoms with E-state index >= 15 is 0 Å². The Morgan fingerprint density at radius 3 is 1.71 bits per heavy atom. The van der Waals surface area contributed by atoms with Gasteiger partial charge in [-0.3, -0.25) is 18.6 Å². The third-order valence-electron chi connectivity index (χ3n) is 8.63. The van der Waals surface area contributed by atoms with Crippen molar-refractivity contribution in [1.82, 2.24) is 0 Å². The Morgan fingerprint density at radius 1 is 0.610 bits per heavy atom. The molecule has 5 N–H and O–H groups in total. The van der Waals surface area contributed by atoms with Gasteiger partial charge < -0.3 is 30.3 Å². The number of allylic oxidation sites excluding steroid dienone is 13. The monoisotopic (exact) mass is 848 g/mol. The Balaban J connectivity index is 4.49. The molecular weight excluding hydrogens is 769 g/mol. The standard InChI is InChI=1S/C47H78NO10P/c1-3-5-7-9-11-12-13-14-15-16-17-18-19-20-21-22-23-25-31-37-47(52)58-45(42-57-59(53,54)56-40-39-48)41-55-46(51)38-32-36-44(50)35-30-27-26-29-34-43(49)33-28-24-10-8-6-4-2/h11-12,14-15,17-18,20-21,24,26-30,34-35,43-45,49-50H,3-10,13,16,19,22-23,25,31-33,36-42,48H2,1-2H3,(H,53,54)/b12-11-,15-14-,18-17-,21-20-,27-26+,28-24-,34-29+,35-30-/t43-,44-,45-/m1/s1. The molecule has 0 aliphatic rings. The van der Waals surface area contributed by atoms with E-state index in [0.29, 0.717) is 25.7 Å². The second kappa shape index (κ2) is 41.6. The molecule has 0 rings (SSSR count). The molecule has 0 heterocycles. The molecule has 12 heteroatoms. The number of rotatable bonds is 39. The fourth-order valence-corrected chi connectivity index (χ4v) is 6.05. The largest absolute Gasteiger partial charge is 0.472 e. The number of aliphatic hydroxyl groups excluding tert-OH is 2. The molecule has 11 nitrogen and oxygen atoms in total. The van der Waals surface area contributed by atoms with Gasteiger partial charge in [0.25, 0.3) is 0 Å². The SMILES string of the molecule is CCCCC/C=C\C/C=C\C/C=C\C/C=C\CCCCCC(=O)O[C@H](COC(=O)CCC[C@H](O)\C=C/C=C/C=C/[C@H](O)C/C=C\CCCCC)COP(=O)(O)OCCN. The number of hydrogen-bond acceptors (Lipinski definition) is 10. The smallest absolute Gasteiger partial charge is 0.462 e. The summed E-state index contributed by atoms with van der Waals surface area (Å²) in [5.74, 6) is -1.12. The van der Waals surface area contributed by atoms with Crippen LogP contribution in [0, 0.1) is 0 Å². The minimum Gasteiger partial charge on any atom is -0.462 e. The zero-order chi connectivity index (χ0) is 43.5. The van der Waals surface area contributed by atoms with Gasteiger partial charge in [-0.15, -0.1) is 0 Å². The van der Waals surface area contributed by atoms with Gasteiger partial charge in [0.05, 0.1) is 25.4 Å². The number of esters is 2. The van der Waals surface area contributed by atoms with Gasteiger partial charge in [0.15, 0.2) is 6.10 Å². The van der Waals surface area contributed by atoms with Crippen molar-refractivity contribution in [3.8, 4) is 0 Å². The predicted octanol–water partition coefficient (Wildman–Crippen LogP) is 10.5. The van der Waals surface area contributed by atoms with E-state index in [4.69, 9.17) is 24.3 Å². The second-order valence-electron chi connectivity index (χ2n) is 14.3. The van der Waals surface area contributed by atoms with Crippen LogP contribution in [0.1, 0.15) is 142 Å². The summed E-state index contributed by atoms with van der Waals surface area (Å²) in [4.78, 5) is 34.9. The van der Waals surface area contributed by atoms with Crippen molar-refractivity contribution in [2.24, 2.45) is 5.73 Å². The number of hydrogen-bond donors (Lipinski definition) is 4. The first kappa shape index (κ1) is 55.9. The molecule has 0 bridgehead atoms.